The van der Waals surface area contributed by atoms with Crippen LogP contribution in [0, 0.1) is 5.92 Å². The zero-order valence-electron chi connectivity index (χ0n) is 13.2. The van der Waals surface area contributed by atoms with Crippen LogP contribution in [0.25, 0.3) is 0 Å². The van der Waals surface area contributed by atoms with Gasteiger partial charge in [0.1, 0.15) is 0 Å². The van der Waals surface area contributed by atoms with Gasteiger partial charge in [-0.25, -0.2) is 0 Å². The predicted octanol–water partition coefficient (Wildman–Crippen LogP) is 5.94. The van der Waals surface area contributed by atoms with Gasteiger partial charge < -0.3 is 5.11 Å². The molecule has 0 aromatic heterocycles. The van der Waals surface area contributed by atoms with Gasteiger partial charge in [-0.2, -0.15) is 0 Å². The molecule has 1 saturated carbocycles. The highest BCUT2D eigenvalue weighted by Crippen LogP contribution is 2.27. The van der Waals surface area contributed by atoms with Gasteiger partial charge in [0.05, 0.1) is 0 Å². The standard InChI is InChI=1S/C18H34O2/c19-18(20)16-12-6-4-2-1-3-5-9-13-17-14-10-7-8-11-15-17/h17H,1-16H2,(H,19,20)/i1+1,4+1,5+1,10+1,12+1,13+1,15+1,18+1. The summed E-state index contributed by atoms with van der Waals surface area (Å²) in [6.07, 6.45) is 20.7. The monoisotopic (exact) mass is 290 g/mol. The maximum absolute atomic E-state index is 10.4. The Bertz CT molecular complexity index is 230. The lowest BCUT2D eigenvalue weighted by Gasteiger charge is -2.13. The van der Waals surface area contributed by atoms with Gasteiger partial charge in [0.15, 0.2) is 0 Å². The Labute approximate surface area is 125 Å². The van der Waals surface area contributed by atoms with Crippen molar-refractivity contribution in [1.82, 2.24) is 0 Å². The Morgan fingerprint density at radius 1 is 0.750 bits per heavy atom. The number of carboxylic acids is 1. The summed E-state index contributed by atoms with van der Waals surface area (Å²) in [7, 11) is 0. The van der Waals surface area contributed by atoms with Crippen LogP contribution in [0.4, 0.5) is 0 Å². The third-order valence-corrected chi connectivity index (χ3v) is 4.73. The molecule has 0 heterocycles. The van der Waals surface area contributed by atoms with Gasteiger partial charge in [-0.05, 0) is 12.3 Å². The highest BCUT2D eigenvalue weighted by atomic mass is 16.5. The Morgan fingerprint density at radius 3 is 1.80 bits per heavy atom. The highest BCUT2D eigenvalue weighted by Gasteiger charge is 2.11. The van der Waals surface area contributed by atoms with Crippen LogP contribution < -0.4 is 0 Å². The number of hydrogen-bond donors (Lipinski definition) is 1. The molecule has 0 saturated heterocycles. The first-order valence-corrected chi connectivity index (χ1v) is 9.01. The van der Waals surface area contributed by atoms with Crippen molar-refractivity contribution in [2.75, 3.05) is 0 Å². The molecule has 2 nitrogen and oxygen atoms in total. The zero-order chi connectivity index (χ0) is 14.5. The molecule has 118 valence electrons. The second kappa shape index (κ2) is 12.2. The first-order valence-electron chi connectivity index (χ1n) is 9.01. The second-order valence-corrected chi connectivity index (χ2v) is 6.62. The van der Waals surface area contributed by atoms with Crippen LogP contribution in [-0.4, -0.2) is 11.1 Å². The number of carbonyl (C=O) groups is 1. The van der Waals surface area contributed by atoms with Crippen LogP contribution in [0.2, 0.25) is 0 Å². The first kappa shape index (κ1) is 17.5. The van der Waals surface area contributed by atoms with Crippen molar-refractivity contribution < 1.29 is 9.90 Å². The first-order chi connectivity index (χ1) is 9.79. The fraction of sp³-hybridized carbons (Fsp3) is 0.944. The lowest BCUT2D eigenvalue weighted by Crippen LogP contribution is -1.98. The van der Waals surface area contributed by atoms with Gasteiger partial charge >= 0.3 is 5.97 Å². The molecule has 2 heteroatoms. The van der Waals surface area contributed by atoms with E-state index in [-0.39, 0.29) is 0 Å². The molecule has 1 N–H and O–H groups in total. The smallest absolute Gasteiger partial charge is 0.303 e. The summed E-state index contributed by atoms with van der Waals surface area (Å²) in [6, 6.07) is 0. The maximum atomic E-state index is 10.4. The summed E-state index contributed by atoms with van der Waals surface area (Å²) in [5.74, 6) is 0.386. The van der Waals surface area contributed by atoms with E-state index in [1.54, 1.807) is 0 Å². The van der Waals surface area contributed by atoms with E-state index >= 15 is 0 Å². The molecule has 0 spiro atoms. The van der Waals surface area contributed by atoms with Crippen LogP contribution in [-0.2, 0) is 4.79 Å². The highest BCUT2D eigenvalue weighted by molar-refractivity contribution is 5.66. The van der Waals surface area contributed by atoms with E-state index in [0.717, 1.165) is 18.8 Å². The average Bonchev–Trinajstić information content (AvgIpc) is 2.69. The second-order valence-electron chi connectivity index (χ2n) is 6.62. The van der Waals surface area contributed by atoms with E-state index < -0.39 is 5.97 Å². The van der Waals surface area contributed by atoms with Crippen molar-refractivity contribution in [2.45, 2.75) is 103 Å². The molecular formula is C18H34O2. The minimum absolute atomic E-state index is 0.349. The molecule has 1 unspecified atom stereocenters. The van der Waals surface area contributed by atoms with Crippen molar-refractivity contribution in [3.8, 4) is 0 Å². The fourth-order valence-corrected chi connectivity index (χ4v) is 3.42. The van der Waals surface area contributed by atoms with Crippen molar-refractivity contribution >= 4 is 5.97 Å². The largest absolute Gasteiger partial charge is 0.481 e. The number of hydrogen-bond acceptors (Lipinski definition) is 1. The molecule has 0 bridgehead atoms. The summed E-state index contributed by atoms with van der Waals surface area (Å²) in [4.78, 5) is 10.4. The van der Waals surface area contributed by atoms with E-state index in [1.165, 1.54) is 83.5 Å². The van der Waals surface area contributed by atoms with Crippen molar-refractivity contribution in [3.63, 3.8) is 0 Å². The minimum atomic E-state index is -0.650. The summed E-state index contributed by atoms with van der Waals surface area (Å²) < 4.78 is 0. The van der Waals surface area contributed by atoms with Gasteiger partial charge in [-0.15, -0.1) is 0 Å². The molecule has 1 atom stereocenters. The molecule has 0 radical (unpaired) electrons. The van der Waals surface area contributed by atoms with Gasteiger partial charge in [0.25, 0.3) is 0 Å². The van der Waals surface area contributed by atoms with Gasteiger partial charge in [0.2, 0.25) is 0 Å². The SMILES string of the molecule is O=[13C](O)C[13CH2]C[13CH2]C[13CH2]C[13CH2]C[13CH2]C1C[13CH2]CCC[13CH2]1. The number of aliphatic carboxylic acids is 1. The van der Waals surface area contributed by atoms with E-state index in [1.807, 2.05) is 0 Å². The molecular weight excluding hydrogens is 256 g/mol. The number of rotatable bonds is 11. The lowest BCUT2D eigenvalue weighted by atomic mass is 10.3. The molecule has 0 aromatic carbocycles. The van der Waals surface area contributed by atoms with Crippen LogP contribution in [0.3, 0.4) is 0 Å². The van der Waals surface area contributed by atoms with Crippen LogP contribution in [0.15, 0.2) is 0 Å². The zero-order valence-corrected chi connectivity index (χ0v) is 13.2. The van der Waals surface area contributed by atoms with E-state index in [0.29, 0.717) is 6.42 Å². The summed E-state index contributed by atoms with van der Waals surface area (Å²) >= 11 is 0. The Kier molecular flexibility index (Phi) is 10.7. The molecule has 0 amide bonds. The number of carboxylic acid groups (broad SMARTS) is 1. The molecule has 1 fully saturated rings. The Morgan fingerprint density at radius 2 is 1.25 bits per heavy atom. The third-order valence-electron chi connectivity index (χ3n) is 4.73. The fourth-order valence-electron chi connectivity index (χ4n) is 3.42. The van der Waals surface area contributed by atoms with E-state index in [4.69, 9.17) is 5.11 Å². The van der Waals surface area contributed by atoms with Crippen molar-refractivity contribution in [3.05, 3.63) is 0 Å². The molecule has 0 aromatic rings. The molecule has 1 aliphatic carbocycles. The van der Waals surface area contributed by atoms with E-state index in [9.17, 15) is 4.79 Å². The molecule has 0 aliphatic heterocycles. The molecule has 1 rings (SSSR count). The van der Waals surface area contributed by atoms with Crippen molar-refractivity contribution in [1.29, 1.82) is 0 Å². The summed E-state index contributed by atoms with van der Waals surface area (Å²) in [6.45, 7) is 0. The minimum Gasteiger partial charge on any atom is -0.481 e. The number of unbranched alkanes of at least 4 members (excludes halogenated alkanes) is 7. The summed E-state index contributed by atoms with van der Waals surface area (Å²) in [5.41, 5.74) is 0. The third kappa shape index (κ3) is 10.3. The summed E-state index contributed by atoms with van der Waals surface area (Å²) in [5, 5.41) is 8.54. The van der Waals surface area contributed by atoms with Crippen LogP contribution in [0.1, 0.15) is 103 Å². The quantitative estimate of drug-likeness (QED) is 0.290. The van der Waals surface area contributed by atoms with Gasteiger partial charge in [-0.1, -0.05) is 89.9 Å². The topological polar surface area (TPSA) is 37.3 Å². The van der Waals surface area contributed by atoms with Crippen molar-refractivity contribution in [2.24, 2.45) is 5.92 Å². The van der Waals surface area contributed by atoms with E-state index in [2.05, 4.69) is 0 Å². The van der Waals surface area contributed by atoms with Crippen LogP contribution >= 0.6 is 0 Å². The predicted molar refractivity (Wildman–Crippen MR) is 85.0 cm³/mol. The van der Waals surface area contributed by atoms with Crippen LogP contribution in [0.5, 0.6) is 0 Å². The van der Waals surface area contributed by atoms with Gasteiger partial charge in [0, 0.05) is 6.42 Å². The average molecular weight is 290 g/mol. The molecule has 1 aliphatic rings. The molecule has 20 heavy (non-hydrogen) atoms. The Balaban J connectivity index is 1.79. The lowest BCUT2D eigenvalue weighted by molar-refractivity contribution is -0.137. The normalized spacial score (nSPS) is 19.7. The Hall–Kier alpha value is -0.530. The maximum Gasteiger partial charge on any atom is 0.303 e. The van der Waals surface area contributed by atoms with Gasteiger partial charge in [-0.3, -0.25) is 4.79 Å².